The molecule has 1 aliphatic heterocycles. The Hall–Kier alpha value is -2.66. The van der Waals surface area contributed by atoms with E-state index in [1.807, 2.05) is 12.1 Å². The molecule has 1 fully saturated rings. The Balaban J connectivity index is 1.38. The summed E-state index contributed by atoms with van der Waals surface area (Å²) in [7, 11) is 0. The van der Waals surface area contributed by atoms with Gasteiger partial charge in [0, 0.05) is 6.61 Å². The molecule has 0 unspecified atom stereocenters. The van der Waals surface area contributed by atoms with Crippen LogP contribution >= 0.6 is 0 Å². The monoisotopic (exact) mass is 391 g/mol. The number of nitrogen functional groups attached to an aromatic ring is 1. The first-order valence-electron chi connectivity index (χ1n) is 10.7. The van der Waals surface area contributed by atoms with Gasteiger partial charge in [-0.1, -0.05) is 42.8 Å². The second-order valence-corrected chi connectivity index (χ2v) is 7.92. The van der Waals surface area contributed by atoms with E-state index in [-0.39, 0.29) is 17.6 Å². The van der Waals surface area contributed by atoms with Gasteiger partial charge in [-0.2, -0.15) is 0 Å². The molecule has 0 bridgehead atoms. The van der Waals surface area contributed by atoms with Crippen LogP contribution in [0.3, 0.4) is 0 Å². The Labute approximate surface area is 171 Å². The standard InChI is InChI=1S/C24H29N3O2/c25-24-26-22-16-19(11-6-2-5-10-18-8-3-1-4-9-18)13-14-21(22)23(28)27(24)17-20-12-7-15-29-20/h1,3-4,8-9,13-14,16,20H,2,5-7,10-12,15,17H2,(H2,25,26)/t20-/m1/s1. The molecule has 2 heterocycles. The topological polar surface area (TPSA) is 70.1 Å². The van der Waals surface area contributed by atoms with Gasteiger partial charge in [0.05, 0.1) is 23.6 Å². The van der Waals surface area contributed by atoms with Crippen molar-refractivity contribution in [3.8, 4) is 0 Å². The molecule has 0 saturated carbocycles. The molecular weight excluding hydrogens is 362 g/mol. The van der Waals surface area contributed by atoms with Crippen LogP contribution in [0.15, 0.2) is 53.3 Å². The third kappa shape index (κ3) is 4.85. The van der Waals surface area contributed by atoms with E-state index in [2.05, 4.69) is 41.4 Å². The van der Waals surface area contributed by atoms with E-state index in [4.69, 9.17) is 10.5 Å². The molecule has 152 valence electrons. The van der Waals surface area contributed by atoms with Gasteiger partial charge in [-0.3, -0.25) is 9.36 Å². The molecule has 0 aliphatic carbocycles. The molecule has 2 N–H and O–H groups in total. The highest BCUT2D eigenvalue weighted by molar-refractivity contribution is 5.79. The first-order valence-corrected chi connectivity index (χ1v) is 10.7. The van der Waals surface area contributed by atoms with Crippen molar-refractivity contribution >= 4 is 16.9 Å². The van der Waals surface area contributed by atoms with Gasteiger partial charge in [0.25, 0.3) is 5.56 Å². The van der Waals surface area contributed by atoms with Gasteiger partial charge in [-0.25, -0.2) is 4.98 Å². The summed E-state index contributed by atoms with van der Waals surface area (Å²) in [6, 6.07) is 16.6. The smallest absolute Gasteiger partial charge is 0.262 e. The number of hydrogen-bond donors (Lipinski definition) is 1. The van der Waals surface area contributed by atoms with Gasteiger partial charge in [0.1, 0.15) is 0 Å². The molecule has 0 radical (unpaired) electrons. The lowest BCUT2D eigenvalue weighted by molar-refractivity contribution is 0.0966. The van der Waals surface area contributed by atoms with E-state index >= 15 is 0 Å². The van der Waals surface area contributed by atoms with Crippen molar-refractivity contribution in [1.29, 1.82) is 0 Å². The SMILES string of the molecule is Nc1nc2cc(CCCCCc3ccccc3)ccc2c(=O)n1C[C@H]1CCCO1. The van der Waals surface area contributed by atoms with Crippen LogP contribution in [-0.2, 0) is 24.1 Å². The number of aryl methyl sites for hydroxylation is 2. The van der Waals surface area contributed by atoms with E-state index in [1.54, 1.807) is 4.57 Å². The largest absolute Gasteiger partial charge is 0.376 e. The zero-order valence-electron chi connectivity index (χ0n) is 16.8. The van der Waals surface area contributed by atoms with E-state index in [9.17, 15) is 4.79 Å². The molecule has 0 amide bonds. The second-order valence-electron chi connectivity index (χ2n) is 7.92. The Bertz CT molecular complexity index is 1010. The van der Waals surface area contributed by atoms with Crippen molar-refractivity contribution in [2.75, 3.05) is 12.3 Å². The fourth-order valence-electron chi connectivity index (χ4n) is 4.09. The van der Waals surface area contributed by atoms with E-state index < -0.39 is 0 Å². The first-order chi connectivity index (χ1) is 14.2. The van der Waals surface area contributed by atoms with E-state index in [0.29, 0.717) is 17.4 Å². The minimum atomic E-state index is -0.0718. The van der Waals surface area contributed by atoms with Gasteiger partial charge < -0.3 is 10.5 Å². The predicted octanol–water partition coefficient (Wildman–Crippen LogP) is 4.11. The van der Waals surface area contributed by atoms with Gasteiger partial charge in [0.2, 0.25) is 5.95 Å². The number of aromatic nitrogens is 2. The van der Waals surface area contributed by atoms with Crippen LogP contribution < -0.4 is 11.3 Å². The number of hydrogen-bond acceptors (Lipinski definition) is 4. The van der Waals surface area contributed by atoms with Crippen LogP contribution in [0, 0.1) is 0 Å². The van der Waals surface area contributed by atoms with Crippen LogP contribution in [0.1, 0.15) is 43.2 Å². The van der Waals surface area contributed by atoms with Crippen LogP contribution in [0.4, 0.5) is 5.95 Å². The summed E-state index contributed by atoms with van der Waals surface area (Å²) in [5.41, 5.74) is 9.34. The molecule has 1 saturated heterocycles. The molecule has 29 heavy (non-hydrogen) atoms. The lowest BCUT2D eigenvalue weighted by Gasteiger charge is -2.14. The normalized spacial score (nSPS) is 16.5. The third-order valence-electron chi connectivity index (χ3n) is 5.73. The number of nitrogens with two attached hydrogens (primary N) is 1. The van der Waals surface area contributed by atoms with E-state index in [1.165, 1.54) is 24.0 Å². The van der Waals surface area contributed by atoms with Crippen molar-refractivity contribution in [2.24, 2.45) is 0 Å². The number of fused-ring (bicyclic) bond motifs is 1. The lowest BCUT2D eigenvalue weighted by Crippen LogP contribution is -2.29. The van der Waals surface area contributed by atoms with Crippen LogP contribution in [0.25, 0.3) is 10.9 Å². The van der Waals surface area contributed by atoms with Crippen LogP contribution in [0.5, 0.6) is 0 Å². The first kappa shape index (κ1) is 19.6. The van der Waals surface area contributed by atoms with Gasteiger partial charge >= 0.3 is 0 Å². The highest BCUT2D eigenvalue weighted by atomic mass is 16.5. The molecule has 0 spiro atoms. The van der Waals surface area contributed by atoms with Crippen molar-refractivity contribution < 1.29 is 4.74 Å². The quantitative estimate of drug-likeness (QED) is 0.587. The molecular formula is C24H29N3O2. The second kappa shape index (κ2) is 9.23. The average molecular weight is 392 g/mol. The zero-order chi connectivity index (χ0) is 20.1. The maximum atomic E-state index is 12.9. The summed E-state index contributed by atoms with van der Waals surface area (Å²) >= 11 is 0. The minimum Gasteiger partial charge on any atom is -0.376 e. The molecule has 5 heteroatoms. The van der Waals surface area contributed by atoms with E-state index in [0.717, 1.165) is 38.7 Å². The highest BCUT2D eigenvalue weighted by Gasteiger charge is 2.19. The van der Waals surface area contributed by atoms with Crippen molar-refractivity contribution in [2.45, 2.75) is 57.6 Å². The third-order valence-corrected chi connectivity index (χ3v) is 5.73. The number of benzene rings is 2. The van der Waals surface area contributed by atoms with Gasteiger partial charge in [-0.15, -0.1) is 0 Å². The van der Waals surface area contributed by atoms with Gasteiger partial charge in [-0.05, 0) is 61.8 Å². The number of ether oxygens (including phenoxy) is 1. The zero-order valence-corrected chi connectivity index (χ0v) is 16.8. The lowest BCUT2D eigenvalue weighted by atomic mass is 10.0. The summed E-state index contributed by atoms with van der Waals surface area (Å²) in [5, 5.41) is 0.630. The summed E-state index contributed by atoms with van der Waals surface area (Å²) in [5.74, 6) is 0.276. The molecule has 4 rings (SSSR count). The minimum absolute atomic E-state index is 0.0596. The molecule has 1 atom stereocenters. The van der Waals surface area contributed by atoms with Crippen molar-refractivity contribution in [1.82, 2.24) is 9.55 Å². The summed E-state index contributed by atoms with van der Waals surface area (Å²) in [6.45, 7) is 1.24. The fraction of sp³-hybridized carbons (Fsp3) is 0.417. The average Bonchev–Trinajstić information content (AvgIpc) is 3.25. The maximum Gasteiger partial charge on any atom is 0.262 e. The number of anilines is 1. The number of unbranched alkanes of at least 4 members (excludes halogenated alkanes) is 2. The maximum absolute atomic E-state index is 12.9. The van der Waals surface area contributed by atoms with Crippen molar-refractivity contribution in [3.05, 3.63) is 70.0 Å². The highest BCUT2D eigenvalue weighted by Crippen LogP contribution is 2.18. The molecule has 1 aliphatic rings. The van der Waals surface area contributed by atoms with Gasteiger partial charge in [0.15, 0.2) is 0 Å². The van der Waals surface area contributed by atoms with Crippen LogP contribution in [0.2, 0.25) is 0 Å². The summed E-state index contributed by atoms with van der Waals surface area (Å²) in [6.07, 6.45) is 7.69. The molecule has 5 nitrogen and oxygen atoms in total. The molecule has 1 aromatic heterocycles. The Morgan fingerprint density at radius 1 is 1.03 bits per heavy atom. The van der Waals surface area contributed by atoms with Crippen LogP contribution in [-0.4, -0.2) is 22.3 Å². The fourth-order valence-corrected chi connectivity index (χ4v) is 4.09. The summed E-state index contributed by atoms with van der Waals surface area (Å²) < 4.78 is 7.20. The number of rotatable bonds is 8. The summed E-state index contributed by atoms with van der Waals surface area (Å²) in [4.78, 5) is 17.4. The van der Waals surface area contributed by atoms with Crippen molar-refractivity contribution in [3.63, 3.8) is 0 Å². The number of nitrogens with zero attached hydrogens (tertiary/aromatic N) is 2. The molecule has 3 aromatic rings. The predicted molar refractivity (Wildman–Crippen MR) is 117 cm³/mol. The Morgan fingerprint density at radius 3 is 2.59 bits per heavy atom. The molecule has 2 aromatic carbocycles. The Kier molecular flexibility index (Phi) is 6.25. The Morgan fingerprint density at radius 2 is 1.83 bits per heavy atom.